The van der Waals surface area contributed by atoms with Gasteiger partial charge < -0.3 is 0 Å². The van der Waals surface area contributed by atoms with Crippen LogP contribution in [0.5, 0.6) is 0 Å². The highest BCUT2D eigenvalue weighted by Crippen LogP contribution is 2.23. The molecule has 0 radical (unpaired) electrons. The van der Waals surface area contributed by atoms with Crippen LogP contribution in [0.4, 0.5) is 4.39 Å². The molecule has 0 spiro atoms. The highest BCUT2D eigenvalue weighted by Gasteiger charge is 2.06. The number of aryl methyl sites for hydroxylation is 2. The number of fused-ring (bicyclic) bond motifs is 1. The van der Waals surface area contributed by atoms with E-state index in [0.717, 1.165) is 36.6 Å². The Morgan fingerprint density at radius 2 is 1.69 bits per heavy atom. The van der Waals surface area contributed by atoms with Gasteiger partial charge in [0.05, 0.1) is 5.56 Å². The summed E-state index contributed by atoms with van der Waals surface area (Å²) < 4.78 is 14.8. The summed E-state index contributed by atoms with van der Waals surface area (Å²) in [4.78, 5) is 0. The van der Waals surface area contributed by atoms with Gasteiger partial charge in [0.2, 0.25) is 0 Å². The van der Waals surface area contributed by atoms with Crippen molar-refractivity contribution < 1.29 is 4.39 Å². The van der Waals surface area contributed by atoms with Crippen LogP contribution in [-0.2, 0) is 12.8 Å². The Morgan fingerprint density at radius 3 is 2.42 bits per heavy atom. The van der Waals surface area contributed by atoms with Gasteiger partial charge in [-0.15, -0.1) is 6.58 Å². The highest BCUT2D eigenvalue weighted by molar-refractivity contribution is 5.85. The zero-order valence-electron chi connectivity index (χ0n) is 15.2. The number of benzene rings is 3. The molecule has 0 fully saturated rings. The Hall–Kier alpha value is -2.85. The van der Waals surface area contributed by atoms with Crippen molar-refractivity contribution in [3.8, 4) is 11.8 Å². The molecule has 0 N–H and O–H groups in total. The number of rotatable bonds is 5. The molecule has 0 unspecified atom stereocenters. The quantitative estimate of drug-likeness (QED) is 0.369. The fourth-order valence-electron chi connectivity index (χ4n) is 3.05. The highest BCUT2D eigenvalue weighted by atomic mass is 19.1. The molecule has 26 heavy (non-hydrogen) atoms. The van der Waals surface area contributed by atoms with Crippen LogP contribution in [0, 0.1) is 17.7 Å². The fourth-order valence-corrected chi connectivity index (χ4v) is 3.05. The van der Waals surface area contributed by atoms with E-state index in [0.29, 0.717) is 10.9 Å². The predicted molar refractivity (Wildman–Crippen MR) is 109 cm³/mol. The Kier molecular flexibility index (Phi) is 5.87. The lowest BCUT2D eigenvalue weighted by molar-refractivity contribution is 0.636. The van der Waals surface area contributed by atoms with Gasteiger partial charge in [0.15, 0.2) is 0 Å². The molecule has 0 bridgehead atoms. The van der Waals surface area contributed by atoms with Gasteiger partial charge in [0, 0.05) is 10.9 Å². The molecule has 3 aromatic carbocycles. The number of halogens is 1. The second-order valence-corrected chi connectivity index (χ2v) is 6.51. The molecular formula is C25H23F. The molecule has 0 aliphatic carbocycles. The van der Waals surface area contributed by atoms with Gasteiger partial charge in [-0.3, -0.25) is 0 Å². The van der Waals surface area contributed by atoms with Crippen molar-refractivity contribution in [1.29, 1.82) is 0 Å². The third kappa shape index (κ3) is 4.21. The Balaban J connectivity index is 1.87. The molecule has 0 amide bonds. The maximum Gasteiger partial charge on any atom is 0.146 e. The van der Waals surface area contributed by atoms with Crippen LogP contribution >= 0.6 is 0 Å². The van der Waals surface area contributed by atoms with Crippen molar-refractivity contribution in [2.24, 2.45) is 0 Å². The fraction of sp³-hybridized carbons (Fsp3) is 0.200. The molecule has 3 rings (SSSR count). The molecule has 0 nitrogen and oxygen atoms in total. The van der Waals surface area contributed by atoms with Crippen LogP contribution in [0.3, 0.4) is 0 Å². The van der Waals surface area contributed by atoms with Gasteiger partial charge >= 0.3 is 0 Å². The summed E-state index contributed by atoms with van der Waals surface area (Å²) in [5.41, 5.74) is 3.85. The lowest BCUT2D eigenvalue weighted by Gasteiger charge is -2.05. The Morgan fingerprint density at radius 1 is 0.923 bits per heavy atom. The van der Waals surface area contributed by atoms with Crippen LogP contribution in [0.1, 0.15) is 42.0 Å². The normalized spacial score (nSPS) is 10.4. The first-order valence-electron chi connectivity index (χ1n) is 9.14. The first-order chi connectivity index (χ1) is 12.7. The summed E-state index contributed by atoms with van der Waals surface area (Å²) in [7, 11) is 0. The summed E-state index contributed by atoms with van der Waals surface area (Å²) in [6.07, 6.45) is 5.95. The van der Waals surface area contributed by atoms with Crippen molar-refractivity contribution in [1.82, 2.24) is 0 Å². The third-order valence-electron chi connectivity index (χ3n) is 4.49. The molecule has 0 saturated carbocycles. The molecule has 0 atom stereocenters. The van der Waals surface area contributed by atoms with Gasteiger partial charge in [-0.25, -0.2) is 4.39 Å². The maximum absolute atomic E-state index is 14.8. The standard InChI is InChI=1S/C25H23F/c1-3-5-7-21-13-17-24-23(18-21)16-15-22(25(24)26)14-12-20-10-8-19(6-4-2)9-11-20/h3,8-11,13,15-18H,1,4-7H2,2H3. The van der Waals surface area contributed by atoms with Crippen molar-refractivity contribution in [3.63, 3.8) is 0 Å². The van der Waals surface area contributed by atoms with Gasteiger partial charge in [-0.05, 0) is 54.0 Å². The summed E-state index contributed by atoms with van der Waals surface area (Å²) >= 11 is 0. The molecule has 0 aromatic heterocycles. The van der Waals surface area contributed by atoms with E-state index in [1.807, 2.05) is 42.5 Å². The second kappa shape index (κ2) is 8.50. The van der Waals surface area contributed by atoms with Crippen molar-refractivity contribution in [3.05, 3.63) is 95.3 Å². The van der Waals surface area contributed by atoms with Crippen LogP contribution < -0.4 is 0 Å². The first-order valence-corrected chi connectivity index (χ1v) is 9.14. The van der Waals surface area contributed by atoms with Gasteiger partial charge in [-0.1, -0.05) is 67.7 Å². The van der Waals surface area contributed by atoms with Gasteiger partial charge in [0.25, 0.3) is 0 Å². The van der Waals surface area contributed by atoms with Crippen LogP contribution in [-0.4, -0.2) is 0 Å². The molecule has 3 aromatic rings. The van der Waals surface area contributed by atoms with E-state index < -0.39 is 0 Å². The largest absolute Gasteiger partial charge is 0.205 e. The summed E-state index contributed by atoms with van der Waals surface area (Å²) in [6, 6.07) is 17.8. The second-order valence-electron chi connectivity index (χ2n) is 6.51. The zero-order chi connectivity index (χ0) is 18.4. The number of hydrogen-bond donors (Lipinski definition) is 0. The third-order valence-corrected chi connectivity index (χ3v) is 4.49. The van der Waals surface area contributed by atoms with E-state index in [1.165, 1.54) is 11.1 Å². The van der Waals surface area contributed by atoms with E-state index in [-0.39, 0.29) is 5.82 Å². The molecule has 1 heteroatoms. The molecule has 130 valence electrons. The SMILES string of the molecule is C=CCCc1ccc2c(F)c(C#Cc3ccc(CCC)cc3)ccc2c1. The first kappa shape index (κ1) is 18.0. The van der Waals surface area contributed by atoms with Gasteiger partial charge in [0.1, 0.15) is 5.82 Å². The lowest BCUT2D eigenvalue weighted by Crippen LogP contribution is -1.89. The number of hydrogen-bond acceptors (Lipinski definition) is 0. The number of allylic oxidation sites excluding steroid dienone is 1. The molecule has 0 aliphatic heterocycles. The van der Waals surface area contributed by atoms with E-state index in [1.54, 1.807) is 6.07 Å². The maximum atomic E-state index is 14.8. The Labute approximate surface area is 155 Å². The van der Waals surface area contributed by atoms with Crippen molar-refractivity contribution in [2.45, 2.75) is 32.6 Å². The van der Waals surface area contributed by atoms with E-state index in [9.17, 15) is 4.39 Å². The minimum atomic E-state index is -0.243. The zero-order valence-corrected chi connectivity index (χ0v) is 15.2. The van der Waals surface area contributed by atoms with Crippen LogP contribution in [0.25, 0.3) is 10.8 Å². The minimum Gasteiger partial charge on any atom is -0.205 e. The van der Waals surface area contributed by atoms with E-state index in [2.05, 4.69) is 37.5 Å². The smallest absolute Gasteiger partial charge is 0.146 e. The van der Waals surface area contributed by atoms with Crippen molar-refractivity contribution >= 4 is 10.8 Å². The molecular weight excluding hydrogens is 319 g/mol. The molecule has 0 heterocycles. The van der Waals surface area contributed by atoms with E-state index >= 15 is 0 Å². The minimum absolute atomic E-state index is 0.243. The molecule has 0 saturated heterocycles. The predicted octanol–water partition coefficient (Wildman–Crippen LogP) is 6.45. The monoisotopic (exact) mass is 342 g/mol. The molecule has 0 aliphatic rings. The Bertz CT molecular complexity index is 969. The van der Waals surface area contributed by atoms with Crippen molar-refractivity contribution in [2.75, 3.05) is 0 Å². The average molecular weight is 342 g/mol. The van der Waals surface area contributed by atoms with Crippen LogP contribution in [0.15, 0.2) is 67.3 Å². The summed E-state index contributed by atoms with van der Waals surface area (Å²) in [5, 5.41) is 1.54. The lowest BCUT2D eigenvalue weighted by atomic mass is 10.0. The van der Waals surface area contributed by atoms with Crippen LogP contribution in [0.2, 0.25) is 0 Å². The van der Waals surface area contributed by atoms with Gasteiger partial charge in [-0.2, -0.15) is 0 Å². The topological polar surface area (TPSA) is 0 Å². The summed E-state index contributed by atoms with van der Waals surface area (Å²) in [5.74, 6) is 5.81. The summed E-state index contributed by atoms with van der Waals surface area (Å²) in [6.45, 7) is 5.91. The average Bonchev–Trinajstić information content (AvgIpc) is 2.67. The van der Waals surface area contributed by atoms with E-state index in [4.69, 9.17) is 0 Å².